The summed E-state index contributed by atoms with van der Waals surface area (Å²) < 4.78 is 10.0. The molecular formula is C12H18N2O4. The van der Waals surface area contributed by atoms with Crippen molar-refractivity contribution in [3.63, 3.8) is 0 Å². The number of carbonyl (C=O) groups excluding carboxylic acids is 1. The van der Waals surface area contributed by atoms with Gasteiger partial charge in [-0.1, -0.05) is 0 Å². The third-order valence-corrected chi connectivity index (χ3v) is 2.12. The van der Waals surface area contributed by atoms with E-state index in [0.717, 1.165) is 5.75 Å². The minimum atomic E-state index is -0.298. The molecule has 0 fully saturated rings. The number of benzene rings is 1. The molecule has 3 N–H and O–H groups in total. The number of rotatable bonds is 7. The highest BCUT2D eigenvalue weighted by atomic mass is 16.5. The average Bonchev–Trinajstić information content (AvgIpc) is 2.39. The van der Waals surface area contributed by atoms with Gasteiger partial charge in [0.15, 0.2) is 0 Å². The fourth-order valence-electron chi connectivity index (χ4n) is 1.25. The van der Waals surface area contributed by atoms with Gasteiger partial charge < -0.3 is 25.2 Å². The molecule has 0 aliphatic rings. The number of hydrogen-bond acceptors (Lipinski definition) is 4. The maximum absolute atomic E-state index is 11.4. The van der Waals surface area contributed by atoms with E-state index in [2.05, 4.69) is 10.6 Å². The third-order valence-electron chi connectivity index (χ3n) is 2.12. The Labute approximate surface area is 106 Å². The van der Waals surface area contributed by atoms with Crippen molar-refractivity contribution in [2.45, 2.75) is 0 Å². The minimum absolute atomic E-state index is 0.0158. The number of anilines is 1. The average molecular weight is 254 g/mol. The molecule has 0 radical (unpaired) electrons. The molecule has 0 spiro atoms. The molecule has 0 unspecified atom stereocenters. The molecule has 0 bridgehead atoms. The van der Waals surface area contributed by atoms with E-state index in [4.69, 9.17) is 14.6 Å². The van der Waals surface area contributed by atoms with Gasteiger partial charge in [0.05, 0.1) is 26.9 Å². The topological polar surface area (TPSA) is 79.8 Å². The van der Waals surface area contributed by atoms with Gasteiger partial charge in [-0.05, 0) is 24.3 Å². The monoisotopic (exact) mass is 254 g/mol. The fraction of sp³-hybridized carbons (Fsp3) is 0.417. The van der Waals surface area contributed by atoms with Crippen LogP contribution in [0.4, 0.5) is 10.5 Å². The molecule has 2 amide bonds. The fourth-order valence-corrected chi connectivity index (χ4v) is 1.25. The maximum Gasteiger partial charge on any atom is 0.319 e. The van der Waals surface area contributed by atoms with Gasteiger partial charge in [-0.25, -0.2) is 4.79 Å². The molecule has 0 saturated carbocycles. The van der Waals surface area contributed by atoms with Gasteiger partial charge in [-0.3, -0.25) is 0 Å². The Hall–Kier alpha value is -1.79. The number of hydrogen-bond donors (Lipinski definition) is 3. The van der Waals surface area contributed by atoms with Gasteiger partial charge in [0.2, 0.25) is 0 Å². The van der Waals surface area contributed by atoms with E-state index in [-0.39, 0.29) is 19.2 Å². The van der Waals surface area contributed by atoms with Crippen molar-refractivity contribution in [1.29, 1.82) is 0 Å². The van der Waals surface area contributed by atoms with E-state index in [1.165, 1.54) is 0 Å². The van der Waals surface area contributed by atoms with Gasteiger partial charge in [-0.15, -0.1) is 0 Å². The molecule has 0 heterocycles. The highest BCUT2D eigenvalue weighted by molar-refractivity contribution is 5.89. The van der Waals surface area contributed by atoms with Crippen LogP contribution < -0.4 is 15.4 Å². The van der Waals surface area contributed by atoms with Gasteiger partial charge in [0, 0.05) is 12.2 Å². The molecule has 0 aromatic heterocycles. The molecule has 0 atom stereocenters. The van der Waals surface area contributed by atoms with Crippen molar-refractivity contribution < 1.29 is 19.4 Å². The molecule has 0 saturated heterocycles. The normalized spacial score (nSPS) is 9.89. The van der Waals surface area contributed by atoms with Crippen molar-refractivity contribution in [2.75, 3.05) is 38.8 Å². The van der Waals surface area contributed by atoms with Crippen LogP contribution in [0, 0.1) is 0 Å². The van der Waals surface area contributed by atoms with Gasteiger partial charge >= 0.3 is 6.03 Å². The second kappa shape index (κ2) is 8.32. The summed E-state index contributed by atoms with van der Waals surface area (Å²) in [6.45, 7) is 1.03. The lowest BCUT2D eigenvalue weighted by atomic mass is 10.3. The van der Waals surface area contributed by atoms with Crippen LogP contribution >= 0.6 is 0 Å². The Balaban J connectivity index is 2.22. The number of aliphatic hydroxyl groups excluding tert-OH is 1. The first-order valence-electron chi connectivity index (χ1n) is 5.63. The summed E-state index contributed by atoms with van der Waals surface area (Å²) in [6.07, 6.45) is 0. The van der Waals surface area contributed by atoms with E-state index in [0.29, 0.717) is 18.8 Å². The van der Waals surface area contributed by atoms with E-state index >= 15 is 0 Å². The lowest BCUT2D eigenvalue weighted by molar-refractivity contribution is 0.0950. The maximum atomic E-state index is 11.4. The molecule has 6 heteroatoms. The summed E-state index contributed by atoms with van der Waals surface area (Å²) in [5.74, 6) is 0.735. The van der Waals surface area contributed by atoms with Crippen molar-refractivity contribution in [2.24, 2.45) is 0 Å². The van der Waals surface area contributed by atoms with Crippen LogP contribution in [0.3, 0.4) is 0 Å². The van der Waals surface area contributed by atoms with E-state index in [9.17, 15) is 4.79 Å². The first-order chi connectivity index (χ1) is 8.76. The Morgan fingerprint density at radius 3 is 2.61 bits per heavy atom. The highest BCUT2D eigenvalue weighted by Gasteiger charge is 2.00. The lowest BCUT2D eigenvalue weighted by Crippen LogP contribution is -2.31. The van der Waals surface area contributed by atoms with Crippen LogP contribution in [-0.2, 0) is 4.74 Å². The van der Waals surface area contributed by atoms with Gasteiger partial charge in [0.1, 0.15) is 5.75 Å². The molecule has 1 rings (SSSR count). The molecule has 1 aromatic carbocycles. The van der Waals surface area contributed by atoms with Crippen LogP contribution in [0.5, 0.6) is 5.75 Å². The zero-order valence-electron chi connectivity index (χ0n) is 10.3. The molecular weight excluding hydrogens is 236 g/mol. The summed E-state index contributed by atoms with van der Waals surface area (Å²) in [4.78, 5) is 11.4. The molecule has 1 aromatic rings. The van der Waals surface area contributed by atoms with Crippen molar-refractivity contribution in [3.05, 3.63) is 24.3 Å². The summed E-state index contributed by atoms with van der Waals surface area (Å²) >= 11 is 0. The molecule has 0 aliphatic carbocycles. The van der Waals surface area contributed by atoms with Crippen LogP contribution in [-0.4, -0.2) is 44.6 Å². The number of aliphatic hydroxyl groups is 1. The predicted molar refractivity (Wildman–Crippen MR) is 67.9 cm³/mol. The standard InChI is InChI=1S/C12H18N2O4/c1-17-11-4-2-10(3-5-11)14-12(16)13-6-8-18-9-7-15/h2-5,15H,6-9H2,1H3,(H2,13,14,16). The quantitative estimate of drug-likeness (QED) is 0.629. The predicted octanol–water partition coefficient (Wildman–Crippen LogP) is 0.826. The zero-order valence-corrected chi connectivity index (χ0v) is 10.3. The highest BCUT2D eigenvalue weighted by Crippen LogP contribution is 2.14. The number of amides is 2. The van der Waals surface area contributed by atoms with Crippen LogP contribution in [0.25, 0.3) is 0 Å². The Bertz CT molecular complexity index is 354. The summed E-state index contributed by atoms with van der Waals surface area (Å²) in [5, 5.41) is 13.8. The summed E-state index contributed by atoms with van der Waals surface area (Å²) in [7, 11) is 1.58. The summed E-state index contributed by atoms with van der Waals surface area (Å²) in [5.41, 5.74) is 0.685. The number of ether oxygens (including phenoxy) is 2. The van der Waals surface area contributed by atoms with Crippen LogP contribution in [0.15, 0.2) is 24.3 Å². The molecule has 100 valence electrons. The number of nitrogens with one attached hydrogen (secondary N) is 2. The van der Waals surface area contributed by atoms with E-state index in [1.54, 1.807) is 31.4 Å². The second-order valence-electron chi connectivity index (χ2n) is 3.45. The number of methoxy groups -OCH3 is 1. The molecule has 0 aliphatic heterocycles. The van der Waals surface area contributed by atoms with Gasteiger partial charge in [-0.2, -0.15) is 0 Å². The molecule has 6 nitrogen and oxygen atoms in total. The molecule has 18 heavy (non-hydrogen) atoms. The number of carbonyl (C=O) groups is 1. The largest absolute Gasteiger partial charge is 0.497 e. The Kier molecular flexibility index (Phi) is 6.60. The van der Waals surface area contributed by atoms with E-state index < -0.39 is 0 Å². The first kappa shape index (κ1) is 14.3. The summed E-state index contributed by atoms with van der Waals surface area (Å²) in [6, 6.07) is 6.73. The third kappa shape index (κ3) is 5.51. The van der Waals surface area contributed by atoms with Gasteiger partial charge in [0.25, 0.3) is 0 Å². The zero-order chi connectivity index (χ0) is 13.2. The minimum Gasteiger partial charge on any atom is -0.497 e. The van der Waals surface area contributed by atoms with Crippen molar-refractivity contribution in [1.82, 2.24) is 5.32 Å². The van der Waals surface area contributed by atoms with Crippen molar-refractivity contribution >= 4 is 11.7 Å². The van der Waals surface area contributed by atoms with Crippen LogP contribution in [0.1, 0.15) is 0 Å². The lowest BCUT2D eigenvalue weighted by Gasteiger charge is -2.08. The Morgan fingerprint density at radius 2 is 2.00 bits per heavy atom. The second-order valence-corrected chi connectivity index (χ2v) is 3.45. The Morgan fingerprint density at radius 1 is 1.28 bits per heavy atom. The SMILES string of the molecule is COc1ccc(NC(=O)NCCOCCO)cc1. The first-order valence-corrected chi connectivity index (χ1v) is 5.63. The van der Waals surface area contributed by atoms with Crippen LogP contribution in [0.2, 0.25) is 0 Å². The van der Waals surface area contributed by atoms with Crippen molar-refractivity contribution in [3.8, 4) is 5.75 Å². The van der Waals surface area contributed by atoms with E-state index in [1.807, 2.05) is 0 Å². The number of urea groups is 1. The smallest absolute Gasteiger partial charge is 0.319 e.